The summed E-state index contributed by atoms with van der Waals surface area (Å²) in [5.41, 5.74) is 3.81. The summed E-state index contributed by atoms with van der Waals surface area (Å²) >= 11 is 0. The minimum atomic E-state index is -0.421. The molecule has 0 aliphatic carbocycles. The van der Waals surface area contributed by atoms with E-state index in [1.54, 1.807) is 24.3 Å². The number of nitrogens with zero attached hydrogens (tertiary/aromatic N) is 1. The molecule has 0 amide bonds. The van der Waals surface area contributed by atoms with Gasteiger partial charge in [0.25, 0.3) is 0 Å². The van der Waals surface area contributed by atoms with Crippen LogP contribution in [0.5, 0.6) is 0 Å². The number of rotatable bonds is 6. The molecule has 0 radical (unpaired) electrons. The predicted molar refractivity (Wildman–Crippen MR) is 255 cm³/mol. The molecule has 0 aliphatic rings. The molecule has 0 N–H and O–H groups in total. The van der Waals surface area contributed by atoms with Crippen molar-refractivity contribution < 1.29 is 15.4 Å². The maximum absolute atomic E-state index is 9.79. The van der Waals surface area contributed by atoms with Gasteiger partial charge in [-0.25, -0.2) is 0 Å². The summed E-state index contributed by atoms with van der Waals surface area (Å²) in [5, 5.41) is 9.19. The molecule has 0 saturated carbocycles. The summed E-state index contributed by atoms with van der Waals surface area (Å²) in [4.78, 5) is 1.37. The summed E-state index contributed by atoms with van der Waals surface area (Å²) in [5.74, 6) is 0. The first-order chi connectivity index (χ1) is 33.1. The van der Waals surface area contributed by atoms with E-state index in [2.05, 4.69) is 6.07 Å². The van der Waals surface area contributed by atoms with Crippen LogP contribution < -0.4 is 4.90 Å². The number of hydrogen-bond donors (Lipinski definition) is 0. The van der Waals surface area contributed by atoms with Crippen molar-refractivity contribution in [1.82, 2.24) is 0 Å². The molecule has 2 nitrogen and oxygen atoms in total. The smallest absolute Gasteiger partial charge is 0.143 e. The van der Waals surface area contributed by atoms with Gasteiger partial charge in [-0.2, -0.15) is 0 Å². The summed E-state index contributed by atoms with van der Waals surface area (Å²) in [6.07, 6.45) is 0. The second-order valence-corrected chi connectivity index (χ2v) is 15.1. The molecule has 0 saturated heterocycles. The lowest BCUT2D eigenvalue weighted by atomic mass is 9.97. The Bertz CT molecular complexity index is 4050. The van der Waals surface area contributed by atoms with Gasteiger partial charge in [-0.1, -0.05) is 164 Å². The molecule has 0 aliphatic heterocycles. The molecule has 60 heavy (non-hydrogen) atoms. The Kier molecular flexibility index (Phi) is 6.21. The van der Waals surface area contributed by atoms with Crippen LogP contribution >= 0.6 is 0 Å². The Labute approximate surface area is 359 Å². The van der Waals surface area contributed by atoms with Crippen molar-refractivity contribution in [3.8, 4) is 33.4 Å². The number of anilines is 3. The van der Waals surface area contributed by atoms with Crippen molar-refractivity contribution in [3.63, 3.8) is 0 Å². The zero-order valence-electron chi connectivity index (χ0n) is 40.1. The van der Waals surface area contributed by atoms with Crippen LogP contribution in [0, 0.1) is 0 Å². The van der Waals surface area contributed by atoms with Crippen LogP contribution in [0.25, 0.3) is 98.4 Å². The molecule has 280 valence electrons. The van der Waals surface area contributed by atoms with Gasteiger partial charge in [0.2, 0.25) is 0 Å². The highest BCUT2D eigenvalue weighted by molar-refractivity contribution is 6.19. The van der Waals surface area contributed by atoms with Crippen LogP contribution in [-0.4, -0.2) is 0 Å². The third-order valence-electron chi connectivity index (χ3n) is 11.5. The maximum atomic E-state index is 9.79. The van der Waals surface area contributed by atoms with Gasteiger partial charge in [-0.05, 0) is 132 Å². The van der Waals surface area contributed by atoms with Gasteiger partial charge in [0, 0.05) is 22.1 Å². The average Bonchev–Trinajstić information content (AvgIpc) is 3.77. The van der Waals surface area contributed by atoms with Gasteiger partial charge in [-0.15, -0.1) is 0 Å². The number of fused-ring (bicyclic) bond motifs is 9. The van der Waals surface area contributed by atoms with Crippen molar-refractivity contribution in [1.29, 1.82) is 0 Å². The first-order valence-electron chi connectivity index (χ1n) is 23.9. The highest BCUT2D eigenvalue weighted by Gasteiger charge is 2.21. The van der Waals surface area contributed by atoms with E-state index >= 15 is 0 Å². The van der Waals surface area contributed by atoms with E-state index in [4.69, 9.17) is 4.42 Å². The van der Waals surface area contributed by atoms with Gasteiger partial charge in [0.15, 0.2) is 0 Å². The average molecular weight is 772 g/mol. The fourth-order valence-electron chi connectivity index (χ4n) is 8.59. The van der Waals surface area contributed by atoms with Crippen molar-refractivity contribution in [2.24, 2.45) is 0 Å². The fourth-order valence-corrected chi connectivity index (χ4v) is 8.59. The van der Waals surface area contributed by atoms with Crippen LogP contribution in [0.3, 0.4) is 0 Å². The maximum Gasteiger partial charge on any atom is 0.143 e. The Morgan fingerprint density at radius 2 is 0.833 bits per heavy atom. The molecule has 0 atom stereocenters. The van der Waals surface area contributed by atoms with Crippen molar-refractivity contribution >= 4 is 82.1 Å². The minimum absolute atomic E-state index is 0.0868. The monoisotopic (exact) mass is 771 g/mol. The molecular weight excluding hydrogens is 727 g/mol. The first-order valence-corrected chi connectivity index (χ1v) is 19.9. The Morgan fingerprint density at radius 1 is 0.333 bits per heavy atom. The molecule has 0 unspecified atom stereocenters. The summed E-state index contributed by atoms with van der Waals surface area (Å²) in [7, 11) is 0. The zero-order chi connectivity index (χ0) is 46.5. The Hall–Kier alpha value is -7.94. The zero-order valence-corrected chi connectivity index (χ0v) is 32.1. The van der Waals surface area contributed by atoms with E-state index in [0.717, 1.165) is 54.2 Å². The summed E-state index contributed by atoms with van der Waals surface area (Å²) in [6, 6.07) is 53.3. The van der Waals surface area contributed by atoms with Gasteiger partial charge >= 0.3 is 0 Å². The molecular formula is C58H37NO. The SMILES string of the molecule is [2H]c1c([2H])c(N(c2c([2H])c([2H])c(-c3ccc4c(ccc5ccccc54)c3)c([2H])c2[2H])c2cccc3oc4c5ccccc5ccc4c23)c([2H])c([2H])c1-c1cccc(-c2ccc3ccccc3c2)c1. The van der Waals surface area contributed by atoms with Crippen molar-refractivity contribution in [2.45, 2.75) is 0 Å². The van der Waals surface area contributed by atoms with E-state index in [-0.39, 0.29) is 46.7 Å². The lowest BCUT2D eigenvalue weighted by Gasteiger charge is -2.26. The van der Waals surface area contributed by atoms with Crippen LogP contribution in [0.15, 0.2) is 229 Å². The van der Waals surface area contributed by atoms with Crippen molar-refractivity contribution in [2.75, 3.05) is 4.90 Å². The molecule has 0 fully saturated rings. The molecule has 12 aromatic rings. The van der Waals surface area contributed by atoms with E-state index in [1.165, 1.54) is 4.90 Å². The number of benzene rings is 11. The van der Waals surface area contributed by atoms with Crippen LogP contribution in [0.1, 0.15) is 11.0 Å². The topological polar surface area (TPSA) is 16.4 Å². The summed E-state index contributed by atoms with van der Waals surface area (Å²) in [6.45, 7) is 0. The third kappa shape index (κ3) is 5.73. The second kappa shape index (κ2) is 13.9. The fraction of sp³-hybridized carbons (Fsp3) is 0. The van der Waals surface area contributed by atoms with E-state index in [1.807, 2.05) is 146 Å². The highest BCUT2D eigenvalue weighted by atomic mass is 16.3. The molecule has 12 rings (SSSR count). The third-order valence-corrected chi connectivity index (χ3v) is 11.5. The quantitative estimate of drug-likeness (QED) is 0.157. The molecule has 0 spiro atoms. The lowest BCUT2D eigenvalue weighted by Crippen LogP contribution is -2.10. The van der Waals surface area contributed by atoms with E-state index < -0.39 is 24.2 Å². The molecule has 2 heteroatoms. The molecule has 1 aromatic heterocycles. The highest BCUT2D eigenvalue weighted by Crippen LogP contribution is 2.45. The standard InChI is InChI=1S/C58H37NO/c1-2-12-43-36-47(21-19-38(43)9-1)45-14-7-13-44(35-45)39-23-29-49(30-24-39)59(55-17-8-18-56-57(55)54-34-27-42-11-4-6-16-53(42)58(54)60-56)50-31-25-40(26-32-50)46-28-33-52-48(37-46)22-20-41-10-3-5-15-51(41)52/h1-37H/i23D,24D,25D,26D,29D,30D,31D,32D. The molecule has 1 heterocycles. The number of furan rings is 1. The normalized spacial score (nSPS) is 13.5. The summed E-state index contributed by atoms with van der Waals surface area (Å²) < 4.78 is 84.1. The van der Waals surface area contributed by atoms with Crippen LogP contribution in [0.2, 0.25) is 0 Å². The molecule has 11 aromatic carbocycles. The predicted octanol–water partition coefficient (Wildman–Crippen LogP) is 16.7. The number of hydrogen-bond acceptors (Lipinski definition) is 2. The lowest BCUT2D eigenvalue weighted by molar-refractivity contribution is 0.672. The Balaban J connectivity index is 1.09. The van der Waals surface area contributed by atoms with Gasteiger partial charge in [0.1, 0.15) is 11.2 Å². The van der Waals surface area contributed by atoms with Gasteiger partial charge in [-0.3, -0.25) is 0 Å². The molecule has 0 bridgehead atoms. The van der Waals surface area contributed by atoms with Crippen LogP contribution in [-0.2, 0) is 0 Å². The first kappa shape index (κ1) is 26.9. The van der Waals surface area contributed by atoms with Gasteiger partial charge < -0.3 is 9.32 Å². The van der Waals surface area contributed by atoms with Crippen molar-refractivity contribution in [3.05, 3.63) is 224 Å². The van der Waals surface area contributed by atoms with Crippen LogP contribution in [0.4, 0.5) is 17.1 Å². The Morgan fingerprint density at radius 3 is 1.60 bits per heavy atom. The second-order valence-electron chi connectivity index (χ2n) is 15.1. The van der Waals surface area contributed by atoms with Gasteiger partial charge in [0.05, 0.1) is 22.0 Å². The van der Waals surface area contributed by atoms with E-state index in [0.29, 0.717) is 38.8 Å². The van der Waals surface area contributed by atoms with E-state index in [9.17, 15) is 11.0 Å². The largest absolute Gasteiger partial charge is 0.455 e. The minimum Gasteiger partial charge on any atom is -0.455 e.